The maximum Gasteiger partial charge on any atom is 0.0678 e. The summed E-state index contributed by atoms with van der Waals surface area (Å²) >= 11 is 0. The lowest BCUT2D eigenvalue weighted by Gasteiger charge is -2.48. The third-order valence-corrected chi connectivity index (χ3v) is 3.60. The molecule has 1 saturated carbocycles. The average molecular weight is 198 g/mol. The van der Waals surface area contributed by atoms with E-state index in [1.807, 2.05) is 0 Å². The highest BCUT2D eigenvalue weighted by Crippen LogP contribution is 2.32. The summed E-state index contributed by atoms with van der Waals surface area (Å²) in [5.74, 6) is 0.743. The Kier molecular flexibility index (Phi) is 3.10. The number of ether oxygens (including phenoxy) is 1. The monoisotopic (exact) mass is 198 g/mol. The lowest BCUT2D eigenvalue weighted by Crippen LogP contribution is -2.56. The predicted molar refractivity (Wildman–Crippen MR) is 57.1 cm³/mol. The van der Waals surface area contributed by atoms with Crippen LogP contribution in [0.3, 0.4) is 0 Å². The van der Waals surface area contributed by atoms with Crippen molar-refractivity contribution in [2.45, 2.75) is 44.9 Å². The van der Waals surface area contributed by atoms with E-state index in [1.54, 1.807) is 0 Å². The summed E-state index contributed by atoms with van der Waals surface area (Å²) in [6.45, 7) is 7.36. The van der Waals surface area contributed by atoms with Crippen LogP contribution in [-0.4, -0.2) is 42.8 Å². The summed E-state index contributed by atoms with van der Waals surface area (Å²) in [5.41, 5.74) is 5.74. The molecular formula is C11H22N2O. The molecule has 1 aliphatic carbocycles. The molecule has 0 bridgehead atoms. The molecule has 14 heavy (non-hydrogen) atoms. The van der Waals surface area contributed by atoms with E-state index >= 15 is 0 Å². The molecule has 0 aromatic carbocycles. The van der Waals surface area contributed by atoms with E-state index in [0.717, 1.165) is 31.6 Å². The van der Waals surface area contributed by atoms with Crippen LogP contribution in [0.15, 0.2) is 0 Å². The molecule has 2 N–H and O–H groups in total. The second-order valence-electron chi connectivity index (χ2n) is 4.85. The lowest BCUT2D eigenvalue weighted by molar-refractivity contribution is -0.0996. The number of nitrogens with two attached hydrogens (primary N) is 1. The quantitative estimate of drug-likeness (QED) is 0.714. The molecular weight excluding hydrogens is 176 g/mol. The Balaban J connectivity index is 1.90. The van der Waals surface area contributed by atoms with E-state index in [4.69, 9.17) is 10.5 Å². The van der Waals surface area contributed by atoms with Crippen LogP contribution >= 0.6 is 0 Å². The van der Waals surface area contributed by atoms with Gasteiger partial charge in [-0.3, -0.25) is 4.90 Å². The van der Waals surface area contributed by atoms with Crippen LogP contribution in [0.5, 0.6) is 0 Å². The highest BCUT2D eigenvalue weighted by Gasteiger charge is 2.37. The average Bonchev–Trinajstić information content (AvgIpc) is 2.00. The number of hydrogen-bond donors (Lipinski definition) is 1. The molecule has 4 atom stereocenters. The Hall–Kier alpha value is -0.120. The van der Waals surface area contributed by atoms with Crippen LogP contribution in [0.1, 0.15) is 26.7 Å². The van der Waals surface area contributed by atoms with Crippen molar-refractivity contribution >= 4 is 0 Å². The summed E-state index contributed by atoms with van der Waals surface area (Å²) < 4.78 is 5.73. The van der Waals surface area contributed by atoms with Crippen molar-refractivity contribution in [2.75, 3.05) is 19.6 Å². The first-order valence-electron chi connectivity index (χ1n) is 5.80. The zero-order valence-electron chi connectivity index (χ0n) is 9.28. The van der Waals surface area contributed by atoms with E-state index < -0.39 is 0 Å². The van der Waals surface area contributed by atoms with E-state index in [0.29, 0.717) is 12.2 Å². The summed E-state index contributed by atoms with van der Waals surface area (Å²) in [6.07, 6.45) is 3.43. The molecule has 2 fully saturated rings. The molecule has 2 rings (SSSR count). The van der Waals surface area contributed by atoms with Crippen molar-refractivity contribution in [3.63, 3.8) is 0 Å². The van der Waals surface area contributed by atoms with E-state index in [2.05, 4.69) is 18.7 Å². The van der Waals surface area contributed by atoms with Crippen LogP contribution in [0.2, 0.25) is 0 Å². The summed E-state index contributed by atoms with van der Waals surface area (Å²) in [6, 6.07) is 0.744. The van der Waals surface area contributed by atoms with Gasteiger partial charge in [-0.1, -0.05) is 0 Å². The van der Waals surface area contributed by atoms with Crippen LogP contribution in [0.25, 0.3) is 0 Å². The number of morpholine rings is 1. The van der Waals surface area contributed by atoms with Crippen LogP contribution < -0.4 is 5.73 Å². The lowest BCUT2D eigenvalue weighted by atomic mass is 9.78. The second kappa shape index (κ2) is 4.17. The Labute approximate surface area is 86.6 Å². The molecule has 82 valence electrons. The van der Waals surface area contributed by atoms with Crippen LogP contribution in [0, 0.1) is 5.92 Å². The van der Waals surface area contributed by atoms with Crippen molar-refractivity contribution in [1.29, 1.82) is 0 Å². The SMILES string of the molecule is CC1CN(C2CCC2CN)CC(C)O1. The number of nitrogens with zero attached hydrogens (tertiary/aromatic N) is 1. The molecule has 1 heterocycles. The zero-order valence-corrected chi connectivity index (χ0v) is 9.28. The van der Waals surface area contributed by atoms with Gasteiger partial charge in [-0.15, -0.1) is 0 Å². The minimum absolute atomic E-state index is 0.387. The minimum Gasteiger partial charge on any atom is -0.373 e. The Morgan fingerprint density at radius 1 is 1.21 bits per heavy atom. The Morgan fingerprint density at radius 3 is 2.29 bits per heavy atom. The standard InChI is InChI=1S/C11H22N2O/c1-8-6-13(7-9(2)14-8)11-4-3-10(11)5-12/h8-11H,3-7,12H2,1-2H3. The Bertz CT molecular complexity index is 186. The van der Waals surface area contributed by atoms with Crippen molar-refractivity contribution in [1.82, 2.24) is 4.90 Å². The smallest absolute Gasteiger partial charge is 0.0678 e. The van der Waals surface area contributed by atoms with E-state index in [9.17, 15) is 0 Å². The third kappa shape index (κ3) is 1.95. The summed E-state index contributed by atoms with van der Waals surface area (Å²) in [4.78, 5) is 2.58. The topological polar surface area (TPSA) is 38.5 Å². The zero-order chi connectivity index (χ0) is 10.1. The molecule has 4 unspecified atom stereocenters. The molecule has 1 saturated heterocycles. The highest BCUT2D eigenvalue weighted by atomic mass is 16.5. The molecule has 1 aliphatic heterocycles. The van der Waals surface area contributed by atoms with Crippen LogP contribution in [-0.2, 0) is 4.74 Å². The van der Waals surface area contributed by atoms with Gasteiger partial charge >= 0.3 is 0 Å². The van der Waals surface area contributed by atoms with Gasteiger partial charge in [-0.25, -0.2) is 0 Å². The van der Waals surface area contributed by atoms with Gasteiger partial charge in [0.1, 0.15) is 0 Å². The van der Waals surface area contributed by atoms with E-state index in [1.165, 1.54) is 12.8 Å². The van der Waals surface area contributed by atoms with Gasteiger partial charge in [0.2, 0.25) is 0 Å². The van der Waals surface area contributed by atoms with Gasteiger partial charge in [0.15, 0.2) is 0 Å². The number of hydrogen-bond acceptors (Lipinski definition) is 3. The normalized spacial score (nSPS) is 44.8. The summed E-state index contributed by atoms with van der Waals surface area (Å²) in [7, 11) is 0. The Morgan fingerprint density at radius 2 is 1.86 bits per heavy atom. The van der Waals surface area contributed by atoms with Crippen molar-refractivity contribution in [2.24, 2.45) is 11.7 Å². The third-order valence-electron chi connectivity index (χ3n) is 3.60. The maximum absolute atomic E-state index is 5.74. The maximum atomic E-state index is 5.74. The molecule has 0 aromatic heterocycles. The fourth-order valence-corrected chi connectivity index (χ4v) is 2.80. The largest absolute Gasteiger partial charge is 0.373 e. The molecule has 3 nitrogen and oxygen atoms in total. The fourth-order valence-electron chi connectivity index (χ4n) is 2.80. The molecule has 3 heteroatoms. The highest BCUT2D eigenvalue weighted by molar-refractivity contribution is 4.91. The predicted octanol–water partition coefficient (Wildman–Crippen LogP) is 0.833. The molecule has 0 aromatic rings. The van der Waals surface area contributed by atoms with Gasteiger partial charge in [-0.05, 0) is 39.2 Å². The number of rotatable bonds is 2. The van der Waals surface area contributed by atoms with Gasteiger partial charge in [-0.2, -0.15) is 0 Å². The summed E-state index contributed by atoms with van der Waals surface area (Å²) in [5, 5.41) is 0. The van der Waals surface area contributed by atoms with Crippen molar-refractivity contribution in [3.8, 4) is 0 Å². The first kappa shape index (κ1) is 10.4. The molecule has 2 aliphatic rings. The second-order valence-corrected chi connectivity index (χ2v) is 4.85. The molecule has 0 amide bonds. The van der Waals surface area contributed by atoms with Gasteiger partial charge in [0.25, 0.3) is 0 Å². The minimum atomic E-state index is 0.387. The van der Waals surface area contributed by atoms with Gasteiger partial charge in [0.05, 0.1) is 12.2 Å². The van der Waals surface area contributed by atoms with Crippen molar-refractivity contribution in [3.05, 3.63) is 0 Å². The first-order valence-corrected chi connectivity index (χ1v) is 5.80. The van der Waals surface area contributed by atoms with Crippen LogP contribution in [0.4, 0.5) is 0 Å². The van der Waals surface area contributed by atoms with Gasteiger partial charge < -0.3 is 10.5 Å². The molecule has 0 radical (unpaired) electrons. The van der Waals surface area contributed by atoms with Gasteiger partial charge in [0, 0.05) is 19.1 Å². The van der Waals surface area contributed by atoms with Crippen molar-refractivity contribution < 1.29 is 4.74 Å². The van der Waals surface area contributed by atoms with E-state index in [-0.39, 0.29) is 0 Å². The fraction of sp³-hybridized carbons (Fsp3) is 1.00. The molecule has 0 spiro atoms. The first-order chi connectivity index (χ1) is 6.70.